The molecule has 0 saturated carbocycles. The van der Waals surface area contributed by atoms with Crippen LogP contribution in [-0.2, 0) is 11.2 Å². The van der Waals surface area contributed by atoms with E-state index in [1.807, 2.05) is 47.8 Å². The van der Waals surface area contributed by atoms with E-state index in [0.29, 0.717) is 31.2 Å². The summed E-state index contributed by atoms with van der Waals surface area (Å²) in [5, 5.41) is 2.90. The lowest BCUT2D eigenvalue weighted by molar-refractivity contribution is -0.116. The molecule has 146 valence electrons. The van der Waals surface area contributed by atoms with Gasteiger partial charge in [0.2, 0.25) is 5.91 Å². The first-order valence-electron chi connectivity index (χ1n) is 8.61. The van der Waals surface area contributed by atoms with Crippen molar-refractivity contribution in [3.05, 3.63) is 85.6 Å². The van der Waals surface area contributed by atoms with Gasteiger partial charge in [-0.05, 0) is 48.1 Å². The highest BCUT2D eigenvalue weighted by Gasteiger charge is 2.16. The van der Waals surface area contributed by atoms with Crippen LogP contribution in [0.2, 0.25) is 10.0 Å². The lowest BCUT2D eigenvalue weighted by Gasteiger charge is -2.09. The third-order valence-electron chi connectivity index (χ3n) is 4.19. The molecule has 2 aromatic heterocycles. The summed E-state index contributed by atoms with van der Waals surface area (Å²) in [6.07, 6.45) is 0.252. The minimum Gasteiger partial charge on any atom is -0.454 e. The zero-order chi connectivity index (χ0) is 20.4. The minimum atomic E-state index is -0.167. The highest BCUT2D eigenvalue weighted by atomic mass is 35.5. The van der Waals surface area contributed by atoms with E-state index in [9.17, 15) is 4.79 Å². The van der Waals surface area contributed by atoms with Gasteiger partial charge in [-0.15, -0.1) is 11.3 Å². The first-order valence-corrected chi connectivity index (χ1v) is 10.7. The zero-order valence-corrected chi connectivity index (χ0v) is 18.0. The van der Waals surface area contributed by atoms with E-state index >= 15 is 0 Å². The third kappa shape index (κ3) is 4.46. The van der Waals surface area contributed by atoms with Crippen LogP contribution in [0.4, 0.5) is 0 Å². The predicted octanol–water partition coefficient (Wildman–Crippen LogP) is 6.83. The minimum absolute atomic E-state index is 0.167. The van der Waals surface area contributed by atoms with E-state index in [1.165, 1.54) is 11.3 Å². The molecule has 0 spiro atoms. The van der Waals surface area contributed by atoms with E-state index in [4.69, 9.17) is 39.8 Å². The van der Waals surface area contributed by atoms with Crippen molar-refractivity contribution in [1.29, 1.82) is 0 Å². The number of carbonyl (C=O) groups is 1. The fourth-order valence-electron chi connectivity index (χ4n) is 2.84. The van der Waals surface area contributed by atoms with Crippen LogP contribution in [0.1, 0.15) is 5.56 Å². The fourth-order valence-corrected chi connectivity index (χ4v) is 4.31. The number of carbonyl (C=O) groups excluding carboxylic acids is 1. The van der Waals surface area contributed by atoms with Gasteiger partial charge in [0.15, 0.2) is 9.71 Å². The van der Waals surface area contributed by atoms with E-state index in [0.717, 1.165) is 11.1 Å². The molecule has 4 aromatic rings. The number of aromatic nitrogens is 1. The van der Waals surface area contributed by atoms with Crippen LogP contribution in [0.3, 0.4) is 0 Å². The first kappa shape index (κ1) is 19.9. The number of benzene rings is 2. The van der Waals surface area contributed by atoms with Crippen LogP contribution < -0.4 is 5.43 Å². The Morgan fingerprint density at radius 3 is 2.59 bits per heavy atom. The van der Waals surface area contributed by atoms with Gasteiger partial charge in [0.05, 0.1) is 11.4 Å². The van der Waals surface area contributed by atoms with Crippen LogP contribution in [0, 0.1) is 3.95 Å². The number of halogens is 2. The second-order valence-electron chi connectivity index (χ2n) is 6.21. The van der Waals surface area contributed by atoms with Crippen molar-refractivity contribution in [3.8, 4) is 22.8 Å². The molecule has 4 nitrogen and oxygen atoms in total. The molecular weight excluding hydrogens is 447 g/mol. The molecule has 0 bridgehead atoms. The summed E-state index contributed by atoms with van der Waals surface area (Å²) >= 11 is 19.0. The van der Waals surface area contributed by atoms with Crippen molar-refractivity contribution in [2.24, 2.45) is 0 Å². The summed E-state index contributed by atoms with van der Waals surface area (Å²) < 4.78 is 8.08. The number of furan rings is 1. The molecule has 1 N–H and O–H groups in total. The van der Waals surface area contributed by atoms with Crippen molar-refractivity contribution in [3.63, 3.8) is 0 Å². The molecule has 2 aromatic carbocycles. The summed E-state index contributed by atoms with van der Waals surface area (Å²) in [5.41, 5.74) is 5.17. The fraction of sp³-hybridized carbons (Fsp3) is 0.0476. The van der Waals surface area contributed by atoms with Crippen molar-refractivity contribution < 1.29 is 9.21 Å². The standard InChI is InChI=1S/C21H14Cl2N2O2S2/c22-14-6-7-15(16(23)11-14)18-8-9-19(27-18)17-12-29-21(28)25(17)24-20(26)10-13-4-2-1-3-5-13/h1-9,11-12H,10H2,(H,24,26). The van der Waals surface area contributed by atoms with Crippen molar-refractivity contribution in [2.75, 3.05) is 5.43 Å². The third-order valence-corrected chi connectivity index (χ3v) is 5.94. The Hall–Kier alpha value is -2.38. The highest BCUT2D eigenvalue weighted by molar-refractivity contribution is 7.73. The number of thiazole rings is 1. The van der Waals surface area contributed by atoms with Gasteiger partial charge < -0.3 is 4.42 Å². The van der Waals surface area contributed by atoms with Gasteiger partial charge in [-0.2, -0.15) is 0 Å². The van der Waals surface area contributed by atoms with E-state index in [1.54, 1.807) is 22.9 Å². The average Bonchev–Trinajstić information content (AvgIpc) is 3.30. The van der Waals surface area contributed by atoms with Gasteiger partial charge in [-0.3, -0.25) is 10.2 Å². The molecular formula is C21H14Cl2N2O2S2. The number of nitrogens with one attached hydrogen (secondary N) is 1. The number of hydrogen-bond donors (Lipinski definition) is 1. The SMILES string of the molecule is O=C(Cc1ccccc1)Nn1c(-c2ccc(-c3ccc(Cl)cc3Cl)o2)csc1=S. The van der Waals surface area contributed by atoms with Crippen LogP contribution in [0.5, 0.6) is 0 Å². The smallest absolute Gasteiger partial charge is 0.243 e. The molecule has 29 heavy (non-hydrogen) atoms. The Bertz CT molecular complexity index is 1230. The average molecular weight is 461 g/mol. The molecule has 0 atom stereocenters. The second kappa shape index (κ2) is 8.55. The monoisotopic (exact) mass is 460 g/mol. The van der Waals surface area contributed by atoms with Crippen LogP contribution in [0.25, 0.3) is 22.8 Å². The molecule has 0 unspecified atom stereocenters. The molecule has 0 aliphatic heterocycles. The molecule has 8 heteroatoms. The summed E-state index contributed by atoms with van der Waals surface area (Å²) in [5.74, 6) is 0.999. The molecule has 0 radical (unpaired) electrons. The van der Waals surface area contributed by atoms with E-state index in [-0.39, 0.29) is 12.3 Å². The van der Waals surface area contributed by atoms with E-state index in [2.05, 4.69) is 5.43 Å². The number of nitrogens with zero attached hydrogens (tertiary/aromatic N) is 1. The molecule has 4 rings (SSSR count). The Balaban J connectivity index is 1.60. The first-order chi connectivity index (χ1) is 14.0. The summed E-state index contributed by atoms with van der Waals surface area (Å²) in [7, 11) is 0. The largest absolute Gasteiger partial charge is 0.454 e. The van der Waals surface area contributed by atoms with Gasteiger partial charge in [-0.25, -0.2) is 4.68 Å². The predicted molar refractivity (Wildman–Crippen MR) is 121 cm³/mol. The molecule has 0 saturated heterocycles. The topological polar surface area (TPSA) is 47.2 Å². The molecule has 0 aliphatic carbocycles. The lowest BCUT2D eigenvalue weighted by atomic mass is 10.1. The number of hydrogen-bond acceptors (Lipinski definition) is 4. The molecule has 0 aliphatic rings. The second-order valence-corrected chi connectivity index (χ2v) is 8.55. The maximum Gasteiger partial charge on any atom is 0.243 e. The summed E-state index contributed by atoms with van der Waals surface area (Å²) in [6, 6.07) is 18.4. The molecule has 2 heterocycles. The van der Waals surface area contributed by atoms with E-state index < -0.39 is 0 Å². The van der Waals surface area contributed by atoms with Gasteiger partial charge in [-0.1, -0.05) is 53.5 Å². The number of amides is 1. The normalized spacial score (nSPS) is 10.8. The van der Waals surface area contributed by atoms with Gasteiger partial charge >= 0.3 is 0 Å². The Morgan fingerprint density at radius 2 is 1.83 bits per heavy atom. The highest BCUT2D eigenvalue weighted by Crippen LogP contribution is 2.34. The van der Waals surface area contributed by atoms with Gasteiger partial charge in [0.1, 0.15) is 11.5 Å². The summed E-state index contributed by atoms with van der Waals surface area (Å²) in [4.78, 5) is 12.5. The van der Waals surface area contributed by atoms with Crippen LogP contribution >= 0.6 is 46.8 Å². The maximum absolute atomic E-state index is 12.5. The Labute approximate surface area is 186 Å². The number of rotatable bonds is 5. The molecule has 1 amide bonds. The van der Waals surface area contributed by atoms with Crippen molar-refractivity contribution in [1.82, 2.24) is 4.68 Å². The van der Waals surface area contributed by atoms with Crippen molar-refractivity contribution in [2.45, 2.75) is 6.42 Å². The quantitative estimate of drug-likeness (QED) is 0.332. The van der Waals surface area contributed by atoms with Crippen LogP contribution in [0.15, 0.2) is 70.5 Å². The molecule has 0 fully saturated rings. The zero-order valence-electron chi connectivity index (χ0n) is 14.9. The van der Waals surface area contributed by atoms with Crippen LogP contribution in [-0.4, -0.2) is 10.6 Å². The maximum atomic E-state index is 12.5. The van der Waals surface area contributed by atoms with Crippen molar-refractivity contribution >= 4 is 52.7 Å². The lowest BCUT2D eigenvalue weighted by Crippen LogP contribution is -2.24. The Morgan fingerprint density at radius 1 is 1.07 bits per heavy atom. The summed E-state index contributed by atoms with van der Waals surface area (Å²) in [6.45, 7) is 0. The van der Waals surface area contributed by atoms with Gasteiger partial charge in [0.25, 0.3) is 0 Å². The Kier molecular flexibility index (Phi) is 5.87. The van der Waals surface area contributed by atoms with Gasteiger partial charge in [0, 0.05) is 16.0 Å².